The highest BCUT2D eigenvalue weighted by molar-refractivity contribution is 9.10. The summed E-state index contributed by atoms with van der Waals surface area (Å²) < 4.78 is 11.1. The van der Waals surface area contributed by atoms with Crippen LogP contribution in [0, 0.1) is 0 Å². The van der Waals surface area contributed by atoms with Crippen molar-refractivity contribution >= 4 is 21.9 Å². The summed E-state index contributed by atoms with van der Waals surface area (Å²) in [7, 11) is 0. The van der Waals surface area contributed by atoms with E-state index in [9.17, 15) is 4.79 Å². The van der Waals surface area contributed by atoms with Gasteiger partial charge in [-0.25, -0.2) is 0 Å². The molecule has 86 valence electrons. The third-order valence-corrected chi connectivity index (χ3v) is 2.44. The highest BCUT2D eigenvalue weighted by atomic mass is 79.9. The maximum absolute atomic E-state index is 10.8. The van der Waals surface area contributed by atoms with Crippen LogP contribution in [0.4, 0.5) is 0 Å². The number of rotatable bonds is 4. The molecule has 0 unspecified atom stereocenters. The summed E-state index contributed by atoms with van der Waals surface area (Å²) in [5.41, 5.74) is 0.921. The van der Waals surface area contributed by atoms with E-state index in [2.05, 4.69) is 22.5 Å². The minimum atomic E-state index is -0.363. The molecule has 1 aromatic rings. The fraction of sp³-hybridized carbons (Fsp3) is 0.250. The highest BCUT2D eigenvalue weighted by Crippen LogP contribution is 2.34. The Morgan fingerprint density at radius 1 is 1.38 bits per heavy atom. The lowest BCUT2D eigenvalue weighted by Gasteiger charge is -2.10. The Hall–Kier alpha value is -1.29. The van der Waals surface area contributed by atoms with Crippen molar-refractivity contribution in [2.24, 2.45) is 0 Å². The molecule has 1 aromatic carbocycles. The summed E-state index contributed by atoms with van der Waals surface area (Å²) in [5.74, 6) is 0.714. The molecule has 16 heavy (non-hydrogen) atoms. The van der Waals surface area contributed by atoms with Gasteiger partial charge in [0.15, 0.2) is 0 Å². The van der Waals surface area contributed by atoms with E-state index < -0.39 is 0 Å². The molecule has 0 radical (unpaired) electrons. The van der Waals surface area contributed by atoms with Gasteiger partial charge in [0.1, 0.15) is 22.6 Å². The molecule has 4 heteroatoms. The molecule has 0 aliphatic carbocycles. The van der Waals surface area contributed by atoms with Gasteiger partial charge in [0, 0.05) is 6.92 Å². The second-order valence-corrected chi connectivity index (χ2v) is 4.20. The molecule has 0 aromatic heterocycles. The lowest BCUT2D eigenvalue weighted by atomic mass is 10.3. The van der Waals surface area contributed by atoms with E-state index in [1.54, 1.807) is 18.2 Å². The normalized spacial score (nSPS) is 9.69. The van der Waals surface area contributed by atoms with Crippen molar-refractivity contribution in [2.45, 2.75) is 13.8 Å². The van der Waals surface area contributed by atoms with Gasteiger partial charge in [-0.15, -0.1) is 0 Å². The van der Waals surface area contributed by atoms with Crippen LogP contribution in [0.3, 0.4) is 0 Å². The highest BCUT2D eigenvalue weighted by Gasteiger charge is 2.09. The quantitative estimate of drug-likeness (QED) is 0.483. The monoisotopic (exact) mass is 284 g/mol. The molecule has 1 rings (SSSR count). The second-order valence-electron chi connectivity index (χ2n) is 3.41. The van der Waals surface area contributed by atoms with Crippen molar-refractivity contribution in [3.8, 4) is 11.5 Å². The zero-order chi connectivity index (χ0) is 12.1. The van der Waals surface area contributed by atoms with Crippen LogP contribution in [0.15, 0.2) is 34.8 Å². The van der Waals surface area contributed by atoms with Crippen molar-refractivity contribution in [1.82, 2.24) is 0 Å². The van der Waals surface area contributed by atoms with Gasteiger partial charge in [-0.1, -0.05) is 12.6 Å². The minimum absolute atomic E-state index is 0.363. The van der Waals surface area contributed by atoms with E-state index >= 15 is 0 Å². The number of carbonyl (C=O) groups excluding carboxylic acids is 1. The van der Waals surface area contributed by atoms with E-state index in [4.69, 9.17) is 9.47 Å². The molecule has 0 saturated heterocycles. The molecule has 0 aliphatic rings. The predicted octanol–water partition coefficient (Wildman–Crippen LogP) is 3.33. The third-order valence-electron chi connectivity index (χ3n) is 1.66. The third kappa shape index (κ3) is 3.70. The smallest absolute Gasteiger partial charge is 0.308 e. The molecular formula is C12H13BrO3. The summed E-state index contributed by atoms with van der Waals surface area (Å²) in [6.45, 7) is 7.41. The average Bonchev–Trinajstić information content (AvgIpc) is 2.18. The van der Waals surface area contributed by atoms with Gasteiger partial charge in [-0.2, -0.15) is 0 Å². The maximum Gasteiger partial charge on any atom is 0.308 e. The SMILES string of the molecule is C=C(C)COc1cccc(OC(C)=O)c1Br. The zero-order valence-electron chi connectivity index (χ0n) is 9.25. The maximum atomic E-state index is 10.8. The Labute approximate surface area is 103 Å². The van der Waals surface area contributed by atoms with E-state index in [1.165, 1.54) is 6.92 Å². The molecule has 0 heterocycles. The van der Waals surface area contributed by atoms with Crippen LogP contribution in [-0.2, 0) is 4.79 Å². The average molecular weight is 285 g/mol. The Morgan fingerprint density at radius 2 is 2.00 bits per heavy atom. The van der Waals surface area contributed by atoms with Crippen molar-refractivity contribution in [3.63, 3.8) is 0 Å². The largest absolute Gasteiger partial charge is 0.488 e. The number of ether oxygens (including phenoxy) is 2. The first-order valence-corrected chi connectivity index (χ1v) is 5.54. The van der Waals surface area contributed by atoms with Crippen LogP contribution in [0.1, 0.15) is 13.8 Å². The first-order chi connectivity index (χ1) is 7.50. The molecule has 3 nitrogen and oxygen atoms in total. The van der Waals surface area contributed by atoms with Crippen molar-refractivity contribution in [3.05, 3.63) is 34.8 Å². The van der Waals surface area contributed by atoms with Crippen molar-refractivity contribution < 1.29 is 14.3 Å². The molecular weight excluding hydrogens is 272 g/mol. The van der Waals surface area contributed by atoms with E-state index in [0.717, 1.165) is 5.57 Å². The van der Waals surface area contributed by atoms with Crippen molar-refractivity contribution in [1.29, 1.82) is 0 Å². The molecule has 0 bridgehead atoms. The van der Waals surface area contributed by atoms with Gasteiger partial charge in [0.2, 0.25) is 0 Å². The standard InChI is InChI=1S/C12H13BrO3/c1-8(2)7-15-10-5-4-6-11(12(10)13)16-9(3)14/h4-6H,1,7H2,2-3H3. The summed E-state index contributed by atoms with van der Waals surface area (Å²) in [6, 6.07) is 5.25. The lowest BCUT2D eigenvalue weighted by Crippen LogP contribution is -2.03. The molecule has 0 aliphatic heterocycles. The Bertz CT molecular complexity index is 413. The number of esters is 1. The predicted molar refractivity (Wildman–Crippen MR) is 65.8 cm³/mol. The molecule has 0 N–H and O–H groups in total. The first kappa shape index (κ1) is 12.8. The topological polar surface area (TPSA) is 35.5 Å². The first-order valence-electron chi connectivity index (χ1n) is 4.75. The Balaban J connectivity index is 2.85. The molecule has 0 atom stereocenters. The minimum Gasteiger partial charge on any atom is -0.488 e. The van der Waals surface area contributed by atoms with Crippen LogP contribution in [0.2, 0.25) is 0 Å². The number of halogens is 1. The van der Waals surface area contributed by atoms with Crippen LogP contribution in [0.25, 0.3) is 0 Å². The number of hydrogen-bond acceptors (Lipinski definition) is 3. The van der Waals surface area contributed by atoms with Gasteiger partial charge in [-0.3, -0.25) is 4.79 Å². The van der Waals surface area contributed by atoms with Gasteiger partial charge < -0.3 is 9.47 Å². The lowest BCUT2D eigenvalue weighted by molar-refractivity contribution is -0.131. The second kappa shape index (κ2) is 5.70. The van der Waals surface area contributed by atoms with Crippen LogP contribution in [-0.4, -0.2) is 12.6 Å². The molecule has 0 spiro atoms. The van der Waals surface area contributed by atoms with Crippen molar-refractivity contribution in [2.75, 3.05) is 6.61 Å². The molecule has 0 amide bonds. The Morgan fingerprint density at radius 3 is 2.56 bits per heavy atom. The fourth-order valence-corrected chi connectivity index (χ4v) is 1.50. The van der Waals surface area contributed by atoms with Crippen LogP contribution < -0.4 is 9.47 Å². The van der Waals surface area contributed by atoms with E-state index in [1.807, 2.05) is 6.92 Å². The van der Waals surface area contributed by atoms with Crippen LogP contribution >= 0.6 is 15.9 Å². The van der Waals surface area contributed by atoms with Gasteiger partial charge in [0.25, 0.3) is 0 Å². The summed E-state index contributed by atoms with van der Waals surface area (Å²) in [6.07, 6.45) is 0. The van der Waals surface area contributed by atoms with Gasteiger partial charge in [0.05, 0.1) is 0 Å². The summed E-state index contributed by atoms with van der Waals surface area (Å²) in [4.78, 5) is 10.8. The molecule has 0 fully saturated rings. The summed E-state index contributed by atoms with van der Waals surface area (Å²) in [5, 5.41) is 0. The molecule has 0 saturated carbocycles. The fourth-order valence-electron chi connectivity index (χ4n) is 1.04. The van der Waals surface area contributed by atoms with E-state index in [0.29, 0.717) is 22.6 Å². The zero-order valence-corrected chi connectivity index (χ0v) is 10.8. The Kier molecular flexibility index (Phi) is 4.55. The number of hydrogen-bond donors (Lipinski definition) is 0. The van der Waals surface area contributed by atoms with E-state index in [-0.39, 0.29) is 5.97 Å². The van der Waals surface area contributed by atoms with Gasteiger partial charge in [-0.05, 0) is 40.6 Å². The van der Waals surface area contributed by atoms with Crippen LogP contribution in [0.5, 0.6) is 11.5 Å². The number of carbonyl (C=O) groups is 1. The van der Waals surface area contributed by atoms with Gasteiger partial charge >= 0.3 is 5.97 Å². The summed E-state index contributed by atoms with van der Waals surface area (Å²) >= 11 is 3.33. The number of benzene rings is 1.